The quantitative estimate of drug-likeness (QED) is 0.506. The number of halogens is 1. The Balaban J connectivity index is 1.79. The van der Waals surface area contributed by atoms with Crippen LogP contribution in [0, 0.1) is 15.9 Å². The molecular weight excluding hydrogens is 299 g/mol. The number of benzene rings is 2. The SMILES string of the molecule is O=C(/C=C/c1ccc([N+](=O)[O-])cc1)NCCc1ccc(F)cc1. The van der Waals surface area contributed by atoms with Crippen molar-refractivity contribution in [3.63, 3.8) is 0 Å². The summed E-state index contributed by atoms with van der Waals surface area (Å²) in [6, 6.07) is 12.0. The first kappa shape index (κ1) is 16.4. The number of amides is 1. The van der Waals surface area contributed by atoms with E-state index < -0.39 is 4.92 Å². The highest BCUT2D eigenvalue weighted by Crippen LogP contribution is 2.12. The Hall–Kier alpha value is -3.02. The van der Waals surface area contributed by atoms with Crippen LogP contribution in [-0.2, 0) is 11.2 Å². The Labute approximate surface area is 132 Å². The van der Waals surface area contributed by atoms with Crippen LogP contribution in [0.25, 0.3) is 6.08 Å². The molecule has 0 saturated carbocycles. The monoisotopic (exact) mass is 314 g/mol. The van der Waals surface area contributed by atoms with Gasteiger partial charge in [-0.25, -0.2) is 4.39 Å². The molecule has 2 rings (SSSR count). The molecule has 118 valence electrons. The van der Waals surface area contributed by atoms with Crippen molar-refractivity contribution < 1.29 is 14.1 Å². The second kappa shape index (κ2) is 7.84. The van der Waals surface area contributed by atoms with E-state index in [2.05, 4.69) is 5.32 Å². The average Bonchev–Trinajstić information content (AvgIpc) is 2.55. The van der Waals surface area contributed by atoms with Crippen molar-refractivity contribution in [2.24, 2.45) is 0 Å². The molecule has 5 nitrogen and oxygen atoms in total. The van der Waals surface area contributed by atoms with Gasteiger partial charge in [-0.1, -0.05) is 12.1 Å². The van der Waals surface area contributed by atoms with Gasteiger partial charge in [0.05, 0.1) is 4.92 Å². The van der Waals surface area contributed by atoms with Gasteiger partial charge in [-0.2, -0.15) is 0 Å². The maximum Gasteiger partial charge on any atom is 0.269 e. The van der Waals surface area contributed by atoms with Crippen molar-refractivity contribution >= 4 is 17.7 Å². The van der Waals surface area contributed by atoms with Crippen LogP contribution >= 0.6 is 0 Å². The number of nitrogens with zero attached hydrogens (tertiary/aromatic N) is 1. The molecule has 0 atom stereocenters. The van der Waals surface area contributed by atoms with Gasteiger partial charge in [0.15, 0.2) is 0 Å². The van der Waals surface area contributed by atoms with Crippen molar-refractivity contribution in [1.29, 1.82) is 0 Å². The van der Waals surface area contributed by atoms with E-state index in [4.69, 9.17) is 0 Å². The number of nitro benzene ring substituents is 1. The van der Waals surface area contributed by atoms with E-state index in [1.54, 1.807) is 30.3 Å². The van der Waals surface area contributed by atoms with Crippen LogP contribution in [-0.4, -0.2) is 17.4 Å². The summed E-state index contributed by atoms with van der Waals surface area (Å²) in [7, 11) is 0. The highest BCUT2D eigenvalue weighted by molar-refractivity contribution is 5.91. The predicted octanol–water partition coefficient (Wildman–Crippen LogP) is 3.11. The van der Waals surface area contributed by atoms with Crippen molar-refractivity contribution in [3.8, 4) is 0 Å². The minimum absolute atomic E-state index is 0.00546. The fourth-order valence-electron chi connectivity index (χ4n) is 1.92. The first-order valence-electron chi connectivity index (χ1n) is 6.99. The summed E-state index contributed by atoms with van der Waals surface area (Å²) < 4.78 is 12.8. The van der Waals surface area contributed by atoms with E-state index in [0.717, 1.165) is 5.56 Å². The van der Waals surface area contributed by atoms with Crippen molar-refractivity contribution in [2.45, 2.75) is 6.42 Å². The molecular formula is C17H15FN2O3. The van der Waals surface area contributed by atoms with Crippen LogP contribution in [0.4, 0.5) is 10.1 Å². The summed E-state index contributed by atoms with van der Waals surface area (Å²) in [6.07, 6.45) is 3.56. The molecule has 0 aliphatic carbocycles. The molecule has 1 amide bonds. The normalized spacial score (nSPS) is 10.7. The maximum absolute atomic E-state index is 12.8. The van der Waals surface area contributed by atoms with Gasteiger partial charge >= 0.3 is 0 Å². The zero-order valence-electron chi connectivity index (χ0n) is 12.2. The van der Waals surface area contributed by atoms with Crippen LogP contribution in [0.3, 0.4) is 0 Å². The summed E-state index contributed by atoms with van der Waals surface area (Å²) in [5, 5.41) is 13.3. The van der Waals surface area contributed by atoms with Crippen LogP contribution in [0.2, 0.25) is 0 Å². The minimum Gasteiger partial charge on any atom is -0.352 e. The zero-order valence-corrected chi connectivity index (χ0v) is 12.2. The first-order valence-corrected chi connectivity index (χ1v) is 6.99. The number of carbonyl (C=O) groups is 1. The molecule has 0 bridgehead atoms. The fourth-order valence-corrected chi connectivity index (χ4v) is 1.92. The number of nitro groups is 1. The second-order valence-electron chi connectivity index (χ2n) is 4.85. The third-order valence-electron chi connectivity index (χ3n) is 3.16. The average molecular weight is 314 g/mol. The lowest BCUT2D eigenvalue weighted by Gasteiger charge is -2.02. The van der Waals surface area contributed by atoms with Gasteiger partial charge in [0.1, 0.15) is 5.82 Å². The molecule has 0 aromatic heterocycles. The first-order chi connectivity index (χ1) is 11.0. The van der Waals surface area contributed by atoms with Gasteiger partial charge in [-0.3, -0.25) is 14.9 Å². The summed E-state index contributed by atoms with van der Waals surface area (Å²) in [5.74, 6) is -0.547. The van der Waals surface area contributed by atoms with Crippen molar-refractivity contribution in [1.82, 2.24) is 5.32 Å². The summed E-state index contributed by atoms with van der Waals surface area (Å²) >= 11 is 0. The summed E-state index contributed by atoms with van der Waals surface area (Å²) in [4.78, 5) is 21.7. The Morgan fingerprint density at radius 1 is 1.13 bits per heavy atom. The third kappa shape index (κ3) is 5.35. The molecule has 0 saturated heterocycles. The number of hydrogen-bond donors (Lipinski definition) is 1. The van der Waals surface area contributed by atoms with E-state index in [0.29, 0.717) is 18.5 Å². The van der Waals surface area contributed by atoms with Crippen LogP contribution in [0.15, 0.2) is 54.6 Å². The Morgan fingerprint density at radius 3 is 2.39 bits per heavy atom. The number of nitrogens with one attached hydrogen (secondary N) is 1. The van der Waals surface area contributed by atoms with Gasteiger partial charge in [-0.15, -0.1) is 0 Å². The second-order valence-corrected chi connectivity index (χ2v) is 4.85. The topological polar surface area (TPSA) is 72.2 Å². The molecule has 0 spiro atoms. The Morgan fingerprint density at radius 2 is 1.78 bits per heavy atom. The van der Waals surface area contributed by atoms with Crippen LogP contribution in [0.1, 0.15) is 11.1 Å². The van der Waals surface area contributed by atoms with Gasteiger partial charge in [0.2, 0.25) is 5.91 Å². The molecule has 0 aliphatic heterocycles. The Bertz CT molecular complexity index is 710. The van der Waals surface area contributed by atoms with E-state index >= 15 is 0 Å². The van der Waals surface area contributed by atoms with E-state index in [9.17, 15) is 19.3 Å². The standard InChI is InChI=1S/C17H15FN2O3/c18-15-6-1-14(2-7-15)11-12-19-17(21)10-5-13-3-8-16(9-4-13)20(22)23/h1-10H,11-12H2,(H,19,21)/b10-5+. The molecule has 0 heterocycles. The maximum atomic E-state index is 12.8. The van der Waals surface area contributed by atoms with E-state index in [1.165, 1.54) is 30.3 Å². The van der Waals surface area contributed by atoms with Crippen LogP contribution < -0.4 is 5.32 Å². The largest absolute Gasteiger partial charge is 0.352 e. The van der Waals surface area contributed by atoms with Gasteiger partial charge in [0.25, 0.3) is 5.69 Å². The highest BCUT2D eigenvalue weighted by Gasteiger charge is 2.02. The van der Waals surface area contributed by atoms with E-state index in [1.807, 2.05) is 0 Å². The molecule has 0 aliphatic rings. The fraction of sp³-hybridized carbons (Fsp3) is 0.118. The summed E-state index contributed by atoms with van der Waals surface area (Å²) in [5.41, 5.74) is 1.64. The Kier molecular flexibility index (Phi) is 5.57. The number of carbonyl (C=O) groups excluding carboxylic acids is 1. The molecule has 23 heavy (non-hydrogen) atoms. The van der Waals surface area contributed by atoms with Crippen molar-refractivity contribution in [2.75, 3.05) is 6.54 Å². The zero-order chi connectivity index (χ0) is 16.7. The van der Waals surface area contributed by atoms with Gasteiger partial charge < -0.3 is 5.32 Å². The number of non-ortho nitro benzene ring substituents is 1. The molecule has 2 aromatic rings. The number of rotatable bonds is 6. The highest BCUT2D eigenvalue weighted by atomic mass is 19.1. The number of hydrogen-bond acceptors (Lipinski definition) is 3. The van der Waals surface area contributed by atoms with Crippen molar-refractivity contribution in [3.05, 3.63) is 81.7 Å². The predicted molar refractivity (Wildman–Crippen MR) is 85.2 cm³/mol. The van der Waals surface area contributed by atoms with Gasteiger partial charge in [-0.05, 0) is 47.9 Å². The van der Waals surface area contributed by atoms with E-state index in [-0.39, 0.29) is 17.4 Å². The molecule has 0 fully saturated rings. The lowest BCUT2D eigenvalue weighted by Crippen LogP contribution is -2.23. The smallest absolute Gasteiger partial charge is 0.269 e. The van der Waals surface area contributed by atoms with Crippen LogP contribution in [0.5, 0.6) is 0 Å². The lowest BCUT2D eigenvalue weighted by atomic mass is 10.1. The summed E-state index contributed by atoms with van der Waals surface area (Å²) in [6.45, 7) is 0.440. The molecule has 2 aromatic carbocycles. The molecule has 1 N–H and O–H groups in total. The molecule has 0 radical (unpaired) electrons. The molecule has 0 unspecified atom stereocenters. The lowest BCUT2D eigenvalue weighted by molar-refractivity contribution is -0.384. The third-order valence-corrected chi connectivity index (χ3v) is 3.16. The molecule has 6 heteroatoms. The van der Waals surface area contributed by atoms with Gasteiger partial charge in [0, 0.05) is 24.8 Å². The minimum atomic E-state index is -0.477.